The molecule has 0 bridgehead atoms. The molecule has 84 valence electrons. The standard InChI is InChI=1S/C12H15N3O/c1-14(2)7-5-11-8-15-6-3-4-10(9-16)12(15)13-11/h3-4,6,8-9H,5,7H2,1-2H3. The molecule has 0 amide bonds. The first-order chi connectivity index (χ1) is 7.70. The molecule has 0 atom stereocenters. The maximum atomic E-state index is 10.8. The quantitative estimate of drug-likeness (QED) is 0.723. The topological polar surface area (TPSA) is 37.6 Å². The van der Waals surface area contributed by atoms with Crippen LogP contribution in [0.5, 0.6) is 0 Å². The summed E-state index contributed by atoms with van der Waals surface area (Å²) in [5.41, 5.74) is 2.40. The first kappa shape index (κ1) is 10.8. The number of fused-ring (bicyclic) bond motifs is 1. The van der Waals surface area contributed by atoms with E-state index >= 15 is 0 Å². The number of aromatic nitrogens is 2. The molecule has 0 aromatic carbocycles. The highest BCUT2D eigenvalue weighted by Gasteiger charge is 2.05. The third-order valence-corrected chi connectivity index (χ3v) is 2.50. The van der Waals surface area contributed by atoms with Crippen molar-refractivity contribution in [3.8, 4) is 0 Å². The number of carbonyl (C=O) groups is 1. The molecule has 0 aliphatic carbocycles. The van der Waals surface area contributed by atoms with E-state index in [0.717, 1.165) is 30.6 Å². The largest absolute Gasteiger partial charge is 0.309 e. The maximum Gasteiger partial charge on any atom is 0.153 e. The van der Waals surface area contributed by atoms with Crippen molar-refractivity contribution >= 4 is 11.9 Å². The van der Waals surface area contributed by atoms with E-state index in [9.17, 15) is 4.79 Å². The van der Waals surface area contributed by atoms with Crippen LogP contribution < -0.4 is 0 Å². The molecule has 0 aliphatic heterocycles. The number of aldehydes is 1. The van der Waals surface area contributed by atoms with Gasteiger partial charge < -0.3 is 9.30 Å². The number of pyridine rings is 1. The molecule has 0 N–H and O–H groups in total. The Morgan fingerprint density at radius 3 is 3.00 bits per heavy atom. The summed E-state index contributed by atoms with van der Waals surface area (Å²) in [6, 6.07) is 3.64. The van der Waals surface area contributed by atoms with Crippen LogP contribution >= 0.6 is 0 Å². The third-order valence-electron chi connectivity index (χ3n) is 2.50. The molecule has 2 heterocycles. The second-order valence-electron chi connectivity index (χ2n) is 4.10. The van der Waals surface area contributed by atoms with Crippen molar-refractivity contribution in [2.45, 2.75) is 6.42 Å². The van der Waals surface area contributed by atoms with Gasteiger partial charge in [0, 0.05) is 25.4 Å². The van der Waals surface area contributed by atoms with Crippen molar-refractivity contribution in [3.63, 3.8) is 0 Å². The van der Waals surface area contributed by atoms with Crippen molar-refractivity contribution in [2.75, 3.05) is 20.6 Å². The number of imidazole rings is 1. The van der Waals surface area contributed by atoms with E-state index in [1.54, 1.807) is 6.07 Å². The fourth-order valence-corrected chi connectivity index (χ4v) is 1.64. The van der Waals surface area contributed by atoms with E-state index in [4.69, 9.17) is 0 Å². The number of rotatable bonds is 4. The predicted octanol–water partition coefficient (Wildman–Crippen LogP) is 1.25. The van der Waals surface area contributed by atoms with Gasteiger partial charge in [0.25, 0.3) is 0 Å². The molecule has 2 aromatic rings. The van der Waals surface area contributed by atoms with Gasteiger partial charge in [-0.05, 0) is 26.2 Å². The lowest BCUT2D eigenvalue weighted by Crippen LogP contribution is -2.15. The van der Waals surface area contributed by atoms with E-state index in [1.165, 1.54) is 0 Å². The highest BCUT2D eigenvalue weighted by Crippen LogP contribution is 2.09. The minimum atomic E-state index is 0.638. The van der Waals surface area contributed by atoms with Gasteiger partial charge in [-0.15, -0.1) is 0 Å². The summed E-state index contributed by atoms with van der Waals surface area (Å²) in [4.78, 5) is 17.4. The summed E-state index contributed by atoms with van der Waals surface area (Å²) in [6.45, 7) is 0.959. The van der Waals surface area contributed by atoms with Crippen LogP contribution in [-0.4, -0.2) is 41.2 Å². The lowest BCUT2D eigenvalue weighted by atomic mass is 10.3. The van der Waals surface area contributed by atoms with Gasteiger partial charge in [-0.3, -0.25) is 4.79 Å². The molecule has 2 rings (SSSR count). The minimum absolute atomic E-state index is 0.638. The normalized spacial score (nSPS) is 11.2. The highest BCUT2D eigenvalue weighted by atomic mass is 16.1. The van der Waals surface area contributed by atoms with E-state index < -0.39 is 0 Å². The van der Waals surface area contributed by atoms with Gasteiger partial charge in [0.2, 0.25) is 0 Å². The fraction of sp³-hybridized carbons (Fsp3) is 0.333. The van der Waals surface area contributed by atoms with Gasteiger partial charge in [0.15, 0.2) is 6.29 Å². The summed E-state index contributed by atoms with van der Waals surface area (Å²) in [6.07, 6.45) is 5.63. The van der Waals surface area contributed by atoms with E-state index in [1.807, 2.05) is 37.0 Å². The Labute approximate surface area is 94.5 Å². The minimum Gasteiger partial charge on any atom is -0.309 e. The third kappa shape index (κ3) is 2.12. The summed E-state index contributed by atoms with van der Waals surface area (Å²) < 4.78 is 1.90. The Hall–Kier alpha value is -1.68. The van der Waals surface area contributed by atoms with Gasteiger partial charge in [0.1, 0.15) is 5.65 Å². The second kappa shape index (κ2) is 4.45. The van der Waals surface area contributed by atoms with Crippen LogP contribution in [0.2, 0.25) is 0 Å². The van der Waals surface area contributed by atoms with Gasteiger partial charge in [-0.1, -0.05) is 0 Å². The fourth-order valence-electron chi connectivity index (χ4n) is 1.64. The molecule has 0 saturated heterocycles. The van der Waals surface area contributed by atoms with Crippen LogP contribution in [0.4, 0.5) is 0 Å². The molecule has 0 radical (unpaired) electrons. The first-order valence-corrected chi connectivity index (χ1v) is 5.27. The van der Waals surface area contributed by atoms with Crippen molar-refractivity contribution in [2.24, 2.45) is 0 Å². The summed E-state index contributed by atoms with van der Waals surface area (Å²) in [5.74, 6) is 0. The van der Waals surface area contributed by atoms with Crippen molar-refractivity contribution in [1.82, 2.24) is 14.3 Å². The zero-order valence-corrected chi connectivity index (χ0v) is 9.55. The molecule has 4 nitrogen and oxygen atoms in total. The predicted molar refractivity (Wildman–Crippen MR) is 62.8 cm³/mol. The molecule has 0 spiro atoms. The molecule has 0 aliphatic rings. The number of likely N-dealkylation sites (N-methyl/N-ethyl adjacent to an activating group) is 1. The SMILES string of the molecule is CN(C)CCc1cn2cccc(C=O)c2n1. The Bertz CT molecular complexity index is 502. The van der Waals surface area contributed by atoms with Gasteiger partial charge in [0.05, 0.1) is 11.3 Å². The second-order valence-corrected chi connectivity index (χ2v) is 4.10. The van der Waals surface area contributed by atoms with Crippen molar-refractivity contribution < 1.29 is 4.79 Å². The van der Waals surface area contributed by atoms with Crippen molar-refractivity contribution in [3.05, 3.63) is 35.8 Å². The van der Waals surface area contributed by atoms with Crippen LogP contribution in [0.15, 0.2) is 24.5 Å². The molecule has 16 heavy (non-hydrogen) atoms. The zero-order valence-electron chi connectivity index (χ0n) is 9.55. The molecule has 0 saturated carbocycles. The van der Waals surface area contributed by atoms with E-state index in [0.29, 0.717) is 5.56 Å². The Morgan fingerprint density at radius 1 is 1.50 bits per heavy atom. The Kier molecular flexibility index (Phi) is 3.01. The monoisotopic (exact) mass is 217 g/mol. The Balaban J connectivity index is 2.32. The smallest absolute Gasteiger partial charge is 0.153 e. The highest BCUT2D eigenvalue weighted by molar-refractivity contribution is 5.84. The molecule has 0 fully saturated rings. The lowest BCUT2D eigenvalue weighted by molar-refractivity contribution is 0.112. The van der Waals surface area contributed by atoms with E-state index in [-0.39, 0.29) is 0 Å². The number of carbonyl (C=O) groups excluding carboxylic acids is 1. The van der Waals surface area contributed by atoms with Crippen LogP contribution in [0.3, 0.4) is 0 Å². The van der Waals surface area contributed by atoms with Crippen LogP contribution in [0, 0.1) is 0 Å². The molecule has 4 heteroatoms. The zero-order chi connectivity index (χ0) is 11.5. The summed E-state index contributed by atoms with van der Waals surface area (Å²) >= 11 is 0. The molecular weight excluding hydrogens is 202 g/mol. The lowest BCUT2D eigenvalue weighted by Gasteiger charge is -2.06. The summed E-state index contributed by atoms with van der Waals surface area (Å²) in [7, 11) is 4.07. The van der Waals surface area contributed by atoms with Crippen LogP contribution in [-0.2, 0) is 6.42 Å². The van der Waals surface area contributed by atoms with Crippen LogP contribution in [0.25, 0.3) is 5.65 Å². The van der Waals surface area contributed by atoms with Crippen LogP contribution in [0.1, 0.15) is 16.1 Å². The molecule has 2 aromatic heterocycles. The van der Waals surface area contributed by atoms with Crippen molar-refractivity contribution in [1.29, 1.82) is 0 Å². The van der Waals surface area contributed by atoms with Gasteiger partial charge >= 0.3 is 0 Å². The molecular formula is C12H15N3O. The van der Waals surface area contributed by atoms with Gasteiger partial charge in [-0.25, -0.2) is 4.98 Å². The molecule has 0 unspecified atom stereocenters. The number of nitrogens with zero attached hydrogens (tertiary/aromatic N) is 3. The van der Waals surface area contributed by atoms with Gasteiger partial charge in [-0.2, -0.15) is 0 Å². The Morgan fingerprint density at radius 2 is 2.31 bits per heavy atom. The number of hydrogen-bond acceptors (Lipinski definition) is 3. The number of hydrogen-bond donors (Lipinski definition) is 0. The maximum absolute atomic E-state index is 10.8. The summed E-state index contributed by atoms with van der Waals surface area (Å²) in [5, 5.41) is 0. The van der Waals surface area contributed by atoms with E-state index in [2.05, 4.69) is 9.88 Å². The average molecular weight is 217 g/mol. The average Bonchev–Trinajstić information content (AvgIpc) is 2.68. The first-order valence-electron chi connectivity index (χ1n) is 5.27.